The average molecular weight is 101 g/mol. The Balaban J connectivity index is 0. The third-order valence-corrected chi connectivity index (χ3v) is 0.289. The summed E-state index contributed by atoms with van der Waals surface area (Å²) in [5.41, 5.74) is 0. The lowest BCUT2D eigenvalue weighted by atomic mass is 10.5. The minimum Gasteiger partial charge on any atom is -0.429 e. The first-order chi connectivity index (χ1) is 3.33. The van der Waals surface area contributed by atoms with E-state index in [2.05, 4.69) is 13.5 Å². The van der Waals surface area contributed by atoms with E-state index in [1.807, 2.05) is 6.08 Å². The molecule has 41 valence electrons. The quantitative estimate of drug-likeness (QED) is 0.363. The van der Waals surface area contributed by atoms with E-state index in [9.17, 15) is 0 Å². The molecule has 0 spiro atoms. The van der Waals surface area contributed by atoms with Crippen LogP contribution in [0.3, 0.4) is 0 Å². The third kappa shape index (κ3) is 151. The van der Waals surface area contributed by atoms with Crippen molar-refractivity contribution in [2.75, 3.05) is 0 Å². The van der Waals surface area contributed by atoms with Gasteiger partial charge in [0, 0.05) is 0 Å². The molecule has 0 atom stereocenters. The number of rotatable bonds is 1. The van der Waals surface area contributed by atoms with E-state index in [-0.39, 0.29) is 7.69 Å². The molecule has 0 aromatic rings. The molecule has 2 nitrogen and oxygen atoms in total. The van der Waals surface area contributed by atoms with E-state index in [0.717, 1.165) is 6.42 Å². The van der Waals surface area contributed by atoms with Gasteiger partial charge in [0.25, 0.3) is 0 Å². The van der Waals surface area contributed by atoms with Crippen LogP contribution in [0.1, 0.15) is 13.3 Å². The molecule has 0 aliphatic carbocycles. The molecular formula is C4H10BO2. The fourth-order valence-electron chi connectivity index (χ4n) is 0. The predicted octanol–water partition coefficient (Wildman–Crippen LogP) is 0.0876. The molecule has 1 radical (unpaired) electrons. The zero-order valence-corrected chi connectivity index (χ0v) is 4.46. The van der Waals surface area contributed by atoms with Gasteiger partial charge in [-0.05, 0) is 6.42 Å². The van der Waals surface area contributed by atoms with Crippen LogP contribution in [0.25, 0.3) is 0 Å². The van der Waals surface area contributed by atoms with Crippen LogP contribution < -0.4 is 0 Å². The Kier molecular flexibility index (Phi) is 24.3. The lowest BCUT2D eigenvalue weighted by molar-refractivity contribution is 0.448. The molecule has 0 rings (SSSR count). The van der Waals surface area contributed by atoms with Crippen molar-refractivity contribution in [2.24, 2.45) is 0 Å². The molecule has 2 N–H and O–H groups in total. The summed E-state index contributed by atoms with van der Waals surface area (Å²) >= 11 is 0. The van der Waals surface area contributed by atoms with Gasteiger partial charge < -0.3 is 10.0 Å². The summed E-state index contributed by atoms with van der Waals surface area (Å²) in [5.74, 6) is 0. The van der Waals surface area contributed by atoms with Crippen molar-refractivity contribution in [1.29, 1.82) is 0 Å². The molecule has 0 saturated heterocycles. The summed E-state index contributed by atoms with van der Waals surface area (Å²) in [7, 11) is 0. The lowest BCUT2D eigenvalue weighted by Gasteiger charge is -1.57. The van der Waals surface area contributed by atoms with Crippen molar-refractivity contribution in [3.8, 4) is 0 Å². The molecule has 0 bridgehead atoms. The maximum atomic E-state index is 7.00. The van der Waals surface area contributed by atoms with Gasteiger partial charge in [-0.3, -0.25) is 0 Å². The minimum absolute atomic E-state index is 0. The Morgan fingerprint density at radius 1 is 1.71 bits per heavy atom. The van der Waals surface area contributed by atoms with Crippen LogP contribution in [0.2, 0.25) is 0 Å². The fourth-order valence-corrected chi connectivity index (χ4v) is 0. The molecule has 0 unspecified atom stereocenters. The minimum atomic E-state index is 0. The highest BCUT2D eigenvalue weighted by Gasteiger charge is 1.51. The summed E-state index contributed by atoms with van der Waals surface area (Å²) in [6.07, 6.45) is 2.96. The summed E-state index contributed by atoms with van der Waals surface area (Å²) in [6.45, 7) is 5.54. The molecule has 0 saturated carbocycles. The van der Waals surface area contributed by atoms with Crippen LogP contribution in [0.15, 0.2) is 12.7 Å². The van der Waals surface area contributed by atoms with Gasteiger partial charge in [-0.1, -0.05) is 13.0 Å². The second-order valence-corrected chi connectivity index (χ2v) is 0.812. The first-order valence-electron chi connectivity index (χ1n) is 2.04. The third-order valence-electron chi connectivity index (χ3n) is 0.289. The Labute approximate surface area is 44.8 Å². The van der Waals surface area contributed by atoms with E-state index < -0.39 is 0 Å². The van der Waals surface area contributed by atoms with Gasteiger partial charge in [0.1, 0.15) is 0 Å². The highest BCUT2D eigenvalue weighted by atomic mass is 16.4. The maximum absolute atomic E-state index is 7.00. The molecular weight excluding hydrogens is 90.9 g/mol. The average Bonchev–Trinajstić information content (AvgIpc) is 1.69. The van der Waals surface area contributed by atoms with Crippen LogP contribution in [0.5, 0.6) is 0 Å². The van der Waals surface area contributed by atoms with Crippen LogP contribution in [-0.2, 0) is 0 Å². The summed E-state index contributed by atoms with van der Waals surface area (Å²) in [4.78, 5) is 0. The summed E-state index contributed by atoms with van der Waals surface area (Å²) in [6, 6.07) is 0. The number of hydrogen-bond acceptors (Lipinski definition) is 2. The van der Waals surface area contributed by atoms with Crippen molar-refractivity contribution in [2.45, 2.75) is 13.3 Å². The number of hydrogen-bond donors (Lipinski definition) is 2. The molecule has 0 aromatic heterocycles. The topological polar surface area (TPSA) is 40.5 Å². The standard InChI is InChI=1S/C4H8.BH2O2/c1-3-4-2;2-1-3/h3H,1,4H2,2H3;2-3H. The first-order valence-corrected chi connectivity index (χ1v) is 2.04. The van der Waals surface area contributed by atoms with Crippen molar-refractivity contribution in [3.05, 3.63) is 12.7 Å². The van der Waals surface area contributed by atoms with E-state index in [1.165, 1.54) is 0 Å². The van der Waals surface area contributed by atoms with Gasteiger partial charge in [-0.15, -0.1) is 6.58 Å². The van der Waals surface area contributed by atoms with Gasteiger partial charge in [0.2, 0.25) is 0 Å². The highest BCUT2D eigenvalue weighted by Crippen LogP contribution is 1.66. The molecule has 0 aromatic carbocycles. The second kappa shape index (κ2) is 17.2. The van der Waals surface area contributed by atoms with Gasteiger partial charge in [0.05, 0.1) is 0 Å². The Morgan fingerprint density at radius 3 is 1.86 bits per heavy atom. The molecule has 0 amide bonds. The normalized spacial score (nSPS) is 5.57. The van der Waals surface area contributed by atoms with Gasteiger partial charge in [-0.2, -0.15) is 0 Å². The van der Waals surface area contributed by atoms with Crippen LogP contribution in [0, 0.1) is 0 Å². The van der Waals surface area contributed by atoms with Crippen molar-refractivity contribution >= 4 is 7.69 Å². The molecule has 0 heterocycles. The molecule has 0 aliphatic rings. The predicted molar refractivity (Wildman–Crippen MR) is 30.7 cm³/mol. The Hall–Kier alpha value is -0.275. The molecule has 0 aliphatic heterocycles. The lowest BCUT2D eigenvalue weighted by Crippen LogP contribution is -1.75. The van der Waals surface area contributed by atoms with E-state index in [1.54, 1.807) is 0 Å². The van der Waals surface area contributed by atoms with E-state index >= 15 is 0 Å². The highest BCUT2D eigenvalue weighted by molar-refractivity contribution is 6.13. The van der Waals surface area contributed by atoms with Crippen molar-refractivity contribution in [3.63, 3.8) is 0 Å². The van der Waals surface area contributed by atoms with Gasteiger partial charge in [-0.25, -0.2) is 0 Å². The molecule has 0 fully saturated rings. The molecule has 7 heavy (non-hydrogen) atoms. The van der Waals surface area contributed by atoms with Crippen molar-refractivity contribution in [1.82, 2.24) is 0 Å². The van der Waals surface area contributed by atoms with Crippen LogP contribution in [0.4, 0.5) is 0 Å². The van der Waals surface area contributed by atoms with Gasteiger partial charge >= 0.3 is 7.69 Å². The summed E-state index contributed by atoms with van der Waals surface area (Å²) < 4.78 is 0. The van der Waals surface area contributed by atoms with Gasteiger partial charge in [0.15, 0.2) is 0 Å². The van der Waals surface area contributed by atoms with E-state index in [4.69, 9.17) is 10.0 Å². The Morgan fingerprint density at radius 2 is 1.86 bits per heavy atom. The maximum Gasteiger partial charge on any atom is 0.482 e. The Bertz CT molecular complexity index is 30.9. The first kappa shape index (κ1) is 9.87. The summed E-state index contributed by atoms with van der Waals surface area (Å²) in [5, 5.41) is 14.0. The van der Waals surface area contributed by atoms with Crippen LogP contribution >= 0.6 is 0 Å². The zero-order valence-electron chi connectivity index (χ0n) is 4.46. The molecule has 3 heteroatoms. The van der Waals surface area contributed by atoms with Crippen molar-refractivity contribution < 1.29 is 10.0 Å². The largest absolute Gasteiger partial charge is 0.482 e. The number of allylic oxidation sites excluding steroid dienone is 1. The monoisotopic (exact) mass is 101 g/mol. The van der Waals surface area contributed by atoms with Crippen LogP contribution in [-0.4, -0.2) is 17.7 Å². The zero-order chi connectivity index (χ0) is 6.12. The second-order valence-electron chi connectivity index (χ2n) is 0.812. The SMILES string of the molecule is C=CCC.O[B]O. The van der Waals surface area contributed by atoms with E-state index in [0.29, 0.717) is 0 Å². The fraction of sp³-hybridized carbons (Fsp3) is 0.500. The smallest absolute Gasteiger partial charge is 0.429 e.